The molecular formula is C13H17BrFNO2. The van der Waals surface area contributed by atoms with Crippen LogP contribution in [0.2, 0.25) is 0 Å². The normalized spacial score (nSPS) is 19.8. The van der Waals surface area contributed by atoms with E-state index in [9.17, 15) is 9.50 Å². The van der Waals surface area contributed by atoms with Gasteiger partial charge in [-0.25, -0.2) is 4.39 Å². The molecule has 2 N–H and O–H groups in total. The van der Waals surface area contributed by atoms with E-state index < -0.39 is 0 Å². The zero-order chi connectivity index (χ0) is 13.1. The average Bonchev–Trinajstić information content (AvgIpc) is 2.36. The smallest absolute Gasteiger partial charge is 0.175 e. The van der Waals surface area contributed by atoms with Gasteiger partial charge in [0, 0.05) is 11.6 Å². The number of aromatic hydroxyl groups is 1. The van der Waals surface area contributed by atoms with Crippen LogP contribution in [0.15, 0.2) is 10.5 Å². The highest BCUT2D eigenvalue weighted by Gasteiger charge is 2.21. The molecule has 1 heterocycles. The van der Waals surface area contributed by atoms with Crippen LogP contribution in [0.25, 0.3) is 0 Å². The fraction of sp³-hybridized carbons (Fsp3) is 0.538. The fourth-order valence-electron chi connectivity index (χ4n) is 2.40. The van der Waals surface area contributed by atoms with E-state index in [0.29, 0.717) is 28.1 Å². The van der Waals surface area contributed by atoms with Crippen molar-refractivity contribution in [3.05, 3.63) is 21.9 Å². The van der Waals surface area contributed by atoms with Gasteiger partial charge in [0.25, 0.3) is 0 Å². The molecule has 0 spiro atoms. The molecule has 0 bridgehead atoms. The molecule has 1 atom stereocenters. The Morgan fingerprint density at radius 3 is 3.00 bits per heavy atom. The number of piperidine rings is 1. The van der Waals surface area contributed by atoms with Crippen molar-refractivity contribution in [1.82, 2.24) is 5.32 Å². The lowest BCUT2D eigenvalue weighted by Gasteiger charge is -2.23. The number of ether oxygens (including phenoxy) is 1. The van der Waals surface area contributed by atoms with Gasteiger partial charge in [-0.3, -0.25) is 0 Å². The number of hydrogen-bond acceptors (Lipinski definition) is 3. The Balaban J connectivity index is 2.26. The monoisotopic (exact) mass is 317 g/mol. The maximum Gasteiger partial charge on any atom is 0.175 e. The molecule has 1 aromatic carbocycles. The SMILES string of the molecule is COc1c(O)cc(F)c(CC2CCCNC2)c1Br. The summed E-state index contributed by atoms with van der Waals surface area (Å²) in [5, 5.41) is 12.9. The van der Waals surface area contributed by atoms with Gasteiger partial charge < -0.3 is 15.2 Å². The second-order valence-electron chi connectivity index (χ2n) is 4.62. The Morgan fingerprint density at radius 1 is 1.61 bits per heavy atom. The van der Waals surface area contributed by atoms with Crippen molar-refractivity contribution >= 4 is 15.9 Å². The number of phenols is 1. The molecule has 5 heteroatoms. The van der Waals surface area contributed by atoms with Gasteiger partial charge in [0.1, 0.15) is 5.82 Å². The van der Waals surface area contributed by atoms with Gasteiger partial charge in [-0.15, -0.1) is 0 Å². The van der Waals surface area contributed by atoms with Crippen LogP contribution in [-0.4, -0.2) is 25.3 Å². The second-order valence-corrected chi connectivity index (χ2v) is 5.41. The molecule has 3 nitrogen and oxygen atoms in total. The lowest BCUT2D eigenvalue weighted by molar-refractivity contribution is 0.357. The molecule has 0 aliphatic carbocycles. The summed E-state index contributed by atoms with van der Waals surface area (Å²) in [5.41, 5.74) is 0.582. The quantitative estimate of drug-likeness (QED) is 0.900. The van der Waals surface area contributed by atoms with Crippen LogP contribution in [0.4, 0.5) is 4.39 Å². The molecule has 0 amide bonds. The molecule has 18 heavy (non-hydrogen) atoms. The first-order valence-corrected chi connectivity index (χ1v) is 6.87. The maximum absolute atomic E-state index is 13.9. The summed E-state index contributed by atoms with van der Waals surface area (Å²) in [6, 6.07) is 1.12. The predicted molar refractivity (Wildman–Crippen MR) is 71.6 cm³/mol. The summed E-state index contributed by atoms with van der Waals surface area (Å²) in [6.45, 7) is 1.95. The van der Waals surface area contributed by atoms with Crippen molar-refractivity contribution in [1.29, 1.82) is 0 Å². The highest BCUT2D eigenvalue weighted by Crippen LogP contribution is 2.39. The number of hydrogen-bond donors (Lipinski definition) is 2. The Hall–Kier alpha value is -0.810. The van der Waals surface area contributed by atoms with E-state index in [2.05, 4.69) is 21.2 Å². The number of benzene rings is 1. The molecule has 0 aromatic heterocycles. The summed E-state index contributed by atoms with van der Waals surface area (Å²) in [4.78, 5) is 0. The first-order valence-electron chi connectivity index (χ1n) is 6.08. The molecule has 1 aliphatic rings. The largest absolute Gasteiger partial charge is 0.504 e. The molecule has 0 radical (unpaired) electrons. The number of nitrogens with one attached hydrogen (secondary N) is 1. The van der Waals surface area contributed by atoms with Gasteiger partial charge in [-0.1, -0.05) is 0 Å². The molecule has 1 fully saturated rings. The van der Waals surface area contributed by atoms with Crippen LogP contribution in [0, 0.1) is 11.7 Å². The van der Waals surface area contributed by atoms with Gasteiger partial charge in [0.15, 0.2) is 11.5 Å². The first kappa shape index (κ1) is 13.6. The number of phenolic OH excluding ortho intramolecular Hbond substituents is 1. The second kappa shape index (κ2) is 5.89. The summed E-state index contributed by atoms with van der Waals surface area (Å²) < 4.78 is 19.5. The van der Waals surface area contributed by atoms with E-state index in [0.717, 1.165) is 32.0 Å². The van der Waals surface area contributed by atoms with Crippen LogP contribution < -0.4 is 10.1 Å². The van der Waals surface area contributed by atoms with Crippen LogP contribution in [-0.2, 0) is 6.42 Å². The summed E-state index contributed by atoms with van der Waals surface area (Å²) in [7, 11) is 1.46. The van der Waals surface area contributed by atoms with Gasteiger partial charge in [0.05, 0.1) is 11.6 Å². The van der Waals surface area contributed by atoms with E-state index in [4.69, 9.17) is 4.74 Å². The minimum absolute atomic E-state index is 0.174. The zero-order valence-electron chi connectivity index (χ0n) is 10.3. The highest BCUT2D eigenvalue weighted by atomic mass is 79.9. The van der Waals surface area contributed by atoms with Gasteiger partial charge in [0.2, 0.25) is 0 Å². The lowest BCUT2D eigenvalue weighted by Crippen LogP contribution is -2.31. The molecule has 1 aliphatic heterocycles. The molecular weight excluding hydrogens is 301 g/mol. The summed E-state index contributed by atoms with van der Waals surface area (Å²) in [6.07, 6.45) is 2.87. The third-order valence-corrected chi connectivity index (χ3v) is 4.18. The van der Waals surface area contributed by atoms with Crippen molar-refractivity contribution < 1.29 is 14.2 Å². The van der Waals surface area contributed by atoms with Crippen molar-refractivity contribution in [2.75, 3.05) is 20.2 Å². The lowest BCUT2D eigenvalue weighted by atomic mass is 9.92. The van der Waals surface area contributed by atoms with Crippen molar-refractivity contribution in [3.8, 4) is 11.5 Å². The Bertz CT molecular complexity index is 433. The highest BCUT2D eigenvalue weighted by molar-refractivity contribution is 9.10. The third kappa shape index (κ3) is 2.78. The Labute approximate surface area is 114 Å². The van der Waals surface area contributed by atoms with Crippen molar-refractivity contribution in [2.24, 2.45) is 5.92 Å². The predicted octanol–water partition coefficient (Wildman–Crippen LogP) is 2.84. The maximum atomic E-state index is 13.9. The van der Waals surface area contributed by atoms with Gasteiger partial charge in [-0.05, 0) is 54.2 Å². The standard InChI is InChI=1S/C13H17BrFNO2/c1-18-13-11(17)6-10(15)9(12(13)14)5-8-3-2-4-16-7-8/h6,8,16-17H,2-5,7H2,1H3. The molecule has 1 saturated heterocycles. The van der Waals surface area contributed by atoms with E-state index >= 15 is 0 Å². The first-order chi connectivity index (χ1) is 8.63. The Morgan fingerprint density at radius 2 is 2.39 bits per heavy atom. The number of methoxy groups -OCH3 is 1. The molecule has 1 aromatic rings. The summed E-state index contributed by atoms with van der Waals surface area (Å²) in [5.74, 6) is 0.173. The summed E-state index contributed by atoms with van der Waals surface area (Å²) >= 11 is 3.32. The van der Waals surface area contributed by atoms with Crippen LogP contribution in [0.5, 0.6) is 11.5 Å². The Kier molecular flexibility index (Phi) is 4.45. The van der Waals surface area contributed by atoms with Crippen LogP contribution in [0.1, 0.15) is 18.4 Å². The molecule has 2 rings (SSSR count). The molecule has 1 unspecified atom stereocenters. The topological polar surface area (TPSA) is 41.5 Å². The van der Waals surface area contributed by atoms with Crippen molar-refractivity contribution in [3.63, 3.8) is 0 Å². The zero-order valence-corrected chi connectivity index (χ0v) is 11.9. The van der Waals surface area contributed by atoms with Gasteiger partial charge >= 0.3 is 0 Å². The van der Waals surface area contributed by atoms with E-state index in [1.807, 2.05) is 0 Å². The van der Waals surface area contributed by atoms with Gasteiger partial charge in [-0.2, -0.15) is 0 Å². The fourth-order valence-corrected chi connectivity index (χ4v) is 3.11. The minimum Gasteiger partial charge on any atom is -0.504 e. The average molecular weight is 318 g/mol. The van der Waals surface area contributed by atoms with E-state index in [1.165, 1.54) is 7.11 Å². The number of rotatable bonds is 3. The van der Waals surface area contributed by atoms with Crippen LogP contribution >= 0.6 is 15.9 Å². The molecule has 100 valence electrons. The van der Waals surface area contributed by atoms with Crippen molar-refractivity contribution in [2.45, 2.75) is 19.3 Å². The van der Waals surface area contributed by atoms with E-state index in [1.54, 1.807) is 0 Å². The number of halogens is 2. The van der Waals surface area contributed by atoms with E-state index in [-0.39, 0.29) is 11.6 Å². The third-order valence-electron chi connectivity index (χ3n) is 3.34. The minimum atomic E-state index is -0.384. The van der Waals surface area contributed by atoms with Crippen LogP contribution in [0.3, 0.4) is 0 Å². The molecule has 0 saturated carbocycles.